The lowest BCUT2D eigenvalue weighted by Gasteiger charge is -2.38. The van der Waals surface area contributed by atoms with Crippen LogP contribution in [-0.2, 0) is 16.1 Å². The monoisotopic (exact) mass is 331 g/mol. The van der Waals surface area contributed by atoms with Crippen molar-refractivity contribution in [3.63, 3.8) is 0 Å². The molecule has 0 spiro atoms. The van der Waals surface area contributed by atoms with Gasteiger partial charge in [0.1, 0.15) is 12.5 Å². The highest BCUT2D eigenvalue weighted by molar-refractivity contribution is 5.57. The summed E-state index contributed by atoms with van der Waals surface area (Å²) in [6.07, 6.45) is 11.9. The normalized spacial score (nSPS) is 20.0. The van der Waals surface area contributed by atoms with E-state index < -0.39 is 0 Å². The Hall–Kier alpha value is -1.19. The van der Waals surface area contributed by atoms with Gasteiger partial charge in [0.05, 0.1) is 12.6 Å². The number of unbranched alkanes of at least 4 members (excludes halogenated alkanes) is 4. The number of aldehydes is 1. The largest absolute Gasteiger partial charge is 0.358 e. The van der Waals surface area contributed by atoms with Crippen molar-refractivity contribution in [2.24, 2.45) is 0 Å². The molecular weight excluding hydrogens is 298 g/mol. The SMILES string of the molecule is CCCCCCCC(OCc1ccccc1)N1CCCCC1C=O. The summed E-state index contributed by atoms with van der Waals surface area (Å²) >= 11 is 0. The van der Waals surface area contributed by atoms with Crippen LogP contribution in [0.5, 0.6) is 0 Å². The van der Waals surface area contributed by atoms with Crippen LogP contribution in [0.25, 0.3) is 0 Å². The van der Waals surface area contributed by atoms with Crippen molar-refractivity contribution >= 4 is 6.29 Å². The number of carbonyl (C=O) groups is 1. The molecule has 1 aliphatic heterocycles. The number of hydrogen-bond acceptors (Lipinski definition) is 3. The van der Waals surface area contributed by atoms with Crippen LogP contribution in [0.1, 0.15) is 70.3 Å². The fourth-order valence-corrected chi connectivity index (χ4v) is 3.52. The van der Waals surface area contributed by atoms with E-state index in [4.69, 9.17) is 4.74 Å². The molecule has 0 bridgehead atoms. The van der Waals surface area contributed by atoms with E-state index in [2.05, 4.69) is 24.0 Å². The van der Waals surface area contributed by atoms with Gasteiger partial charge in [-0.2, -0.15) is 0 Å². The van der Waals surface area contributed by atoms with Crippen molar-refractivity contribution in [3.8, 4) is 0 Å². The summed E-state index contributed by atoms with van der Waals surface area (Å²) in [5, 5.41) is 0. The van der Waals surface area contributed by atoms with Crippen molar-refractivity contribution in [2.45, 2.75) is 83.6 Å². The van der Waals surface area contributed by atoms with Gasteiger partial charge < -0.3 is 9.53 Å². The zero-order valence-electron chi connectivity index (χ0n) is 15.2. The van der Waals surface area contributed by atoms with Gasteiger partial charge in [-0.05, 0) is 31.2 Å². The van der Waals surface area contributed by atoms with E-state index in [0.29, 0.717) is 6.61 Å². The molecule has 2 atom stereocenters. The van der Waals surface area contributed by atoms with Gasteiger partial charge in [-0.15, -0.1) is 0 Å². The highest BCUT2D eigenvalue weighted by atomic mass is 16.5. The Morgan fingerprint density at radius 1 is 1.17 bits per heavy atom. The summed E-state index contributed by atoms with van der Waals surface area (Å²) in [7, 11) is 0. The molecule has 2 unspecified atom stereocenters. The molecule has 0 radical (unpaired) electrons. The Morgan fingerprint density at radius 2 is 1.96 bits per heavy atom. The molecule has 24 heavy (non-hydrogen) atoms. The Labute approximate surface area is 147 Å². The van der Waals surface area contributed by atoms with Crippen LogP contribution in [0.2, 0.25) is 0 Å². The maximum atomic E-state index is 11.5. The van der Waals surface area contributed by atoms with Gasteiger partial charge >= 0.3 is 0 Å². The molecule has 3 heteroatoms. The van der Waals surface area contributed by atoms with E-state index in [1.54, 1.807) is 0 Å². The van der Waals surface area contributed by atoms with Crippen molar-refractivity contribution in [1.82, 2.24) is 4.90 Å². The highest BCUT2D eigenvalue weighted by Crippen LogP contribution is 2.23. The molecule has 1 fully saturated rings. The second-order valence-corrected chi connectivity index (χ2v) is 6.89. The third-order valence-electron chi connectivity index (χ3n) is 4.96. The van der Waals surface area contributed by atoms with Gasteiger partial charge in [0, 0.05) is 6.54 Å². The van der Waals surface area contributed by atoms with Gasteiger partial charge in [0.25, 0.3) is 0 Å². The first kappa shape index (κ1) is 19.1. The topological polar surface area (TPSA) is 29.5 Å². The standard InChI is InChI=1S/C21H33NO2/c1-2-3-4-5-9-15-21(22-16-11-10-14-20(22)17-23)24-18-19-12-7-6-8-13-19/h6-8,12-13,17,20-21H,2-5,9-11,14-16,18H2,1H3. The number of piperidine rings is 1. The van der Waals surface area contributed by atoms with E-state index in [1.807, 2.05) is 18.2 Å². The molecule has 134 valence electrons. The Morgan fingerprint density at radius 3 is 2.71 bits per heavy atom. The Balaban J connectivity index is 1.90. The number of hydrogen-bond donors (Lipinski definition) is 0. The number of benzene rings is 1. The lowest BCUT2D eigenvalue weighted by atomic mass is 10.0. The third kappa shape index (κ3) is 6.37. The van der Waals surface area contributed by atoms with Crippen molar-refractivity contribution in [2.75, 3.05) is 6.54 Å². The smallest absolute Gasteiger partial charge is 0.137 e. The lowest BCUT2D eigenvalue weighted by molar-refractivity contribution is -0.129. The molecule has 3 nitrogen and oxygen atoms in total. The van der Waals surface area contributed by atoms with Crippen LogP contribution < -0.4 is 0 Å². The molecule has 1 saturated heterocycles. The van der Waals surface area contributed by atoms with Crippen LogP contribution >= 0.6 is 0 Å². The van der Waals surface area contributed by atoms with Crippen LogP contribution in [0, 0.1) is 0 Å². The van der Waals surface area contributed by atoms with Gasteiger partial charge in [-0.3, -0.25) is 4.90 Å². The van der Waals surface area contributed by atoms with Crippen LogP contribution in [0.3, 0.4) is 0 Å². The first-order valence-electron chi connectivity index (χ1n) is 9.71. The third-order valence-corrected chi connectivity index (χ3v) is 4.96. The number of nitrogens with zero attached hydrogens (tertiary/aromatic N) is 1. The first-order chi connectivity index (χ1) is 11.8. The van der Waals surface area contributed by atoms with Crippen LogP contribution in [0.4, 0.5) is 0 Å². The van der Waals surface area contributed by atoms with Gasteiger partial charge in [0.15, 0.2) is 0 Å². The number of likely N-dealkylation sites (tertiary alicyclic amines) is 1. The lowest BCUT2D eigenvalue weighted by Crippen LogP contribution is -2.48. The van der Waals surface area contributed by atoms with E-state index in [-0.39, 0.29) is 12.3 Å². The summed E-state index contributed by atoms with van der Waals surface area (Å²) in [4.78, 5) is 13.8. The second-order valence-electron chi connectivity index (χ2n) is 6.89. The maximum Gasteiger partial charge on any atom is 0.137 e. The summed E-state index contributed by atoms with van der Waals surface area (Å²) in [5.41, 5.74) is 1.20. The van der Waals surface area contributed by atoms with Gasteiger partial charge in [-0.25, -0.2) is 0 Å². The fourth-order valence-electron chi connectivity index (χ4n) is 3.52. The fraction of sp³-hybridized carbons (Fsp3) is 0.667. The van der Waals surface area contributed by atoms with E-state index in [1.165, 1.54) is 44.1 Å². The molecule has 0 saturated carbocycles. The predicted octanol–water partition coefficient (Wildman–Crippen LogP) is 4.94. The molecule has 0 aromatic heterocycles. The zero-order valence-corrected chi connectivity index (χ0v) is 15.2. The summed E-state index contributed by atoms with van der Waals surface area (Å²) < 4.78 is 6.27. The second kappa shape index (κ2) is 11.4. The van der Waals surface area contributed by atoms with Crippen LogP contribution in [0.15, 0.2) is 30.3 Å². The summed E-state index contributed by atoms with van der Waals surface area (Å²) in [6.45, 7) is 3.86. The molecule has 0 aliphatic carbocycles. The average molecular weight is 332 g/mol. The minimum Gasteiger partial charge on any atom is -0.358 e. The average Bonchev–Trinajstić information content (AvgIpc) is 2.65. The summed E-state index contributed by atoms with van der Waals surface area (Å²) in [5.74, 6) is 0. The molecule has 0 amide bonds. The number of ether oxygens (including phenoxy) is 1. The molecular formula is C21H33NO2. The van der Waals surface area contributed by atoms with E-state index in [9.17, 15) is 4.79 Å². The van der Waals surface area contributed by atoms with E-state index >= 15 is 0 Å². The van der Waals surface area contributed by atoms with E-state index in [0.717, 1.165) is 32.1 Å². The quantitative estimate of drug-likeness (QED) is 0.425. The van der Waals surface area contributed by atoms with Crippen molar-refractivity contribution < 1.29 is 9.53 Å². The van der Waals surface area contributed by atoms with Gasteiger partial charge in [0.2, 0.25) is 0 Å². The molecule has 0 N–H and O–H groups in total. The molecule has 2 rings (SSSR count). The minimum atomic E-state index is 0.0372. The van der Waals surface area contributed by atoms with Crippen molar-refractivity contribution in [1.29, 1.82) is 0 Å². The Kier molecular flexibility index (Phi) is 9.07. The van der Waals surface area contributed by atoms with Crippen LogP contribution in [-0.4, -0.2) is 30.0 Å². The maximum absolute atomic E-state index is 11.5. The molecule has 1 aromatic rings. The predicted molar refractivity (Wildman–Crippen MR) is 98.8 cm³/mol. The summed E-state index contributed by atoms with van der Waals surface area (Å²) in [6, 6.07) is 10.4. The number of carbonyl (C=O) groups excluding carboxylic acids is 1. The highest BCUT2D eigenvalue weighted by Gasteiger charge is 2.28. The van der Waals surface area contributed by atoms with Crippen molar-refractivity contribution in [3.05, 3.63) is 35.9 Å². The molecule has 1 aromatic carbocycles. The minimum absolute atomic E-state index is 0.0372. The molecule has 1 aliphatic rings. The van der Waals surface area contributed by atoms with Gasteiger partial charge in [-0.1, -0.05) is 69.4 Å². The number of rotatable bonds is 11. The Bertz CT molecular complexity index is 448. The molecule has 1 heterocycles. The zero-order chi connectivity index (χ0) is 17.0. The first-order valence-corrected chi connectivity index (χ1v) is 9.71.